The van der Waals surface area contributed by atoms with Gasteiger partial charge in [0.1, 0.15) is 24.7 Å². The topological polar surface area (TPSA) is 88.7 Å². The molecular weight excluding hydrogens is 510 g/mol. The number of rotatable bonds is 10. The predicted octanol–water partition coefficient (Wildman–Crippen LogP) is 5.76. The Morgan fingerprint density at radius 1 is 0.718 bits per heavy atom. The number of anilines is 1. The zero-order chi connectivity index (χ0) is 27.5. The van der Waals surface area contributed by atoms with Crippen molar-refractivity contribution >= 4 is 34.8 Å². The summed E-state index contributed by atoms with van der Waals surface area (Å²) in [4.78, 5) is 25.7. The molecule has 1 atom stereocenters. The summed E-state index contributed by atoms with van der Waals surface area (Å²) >= 11 is 5.35. The summed E-state index contributed by atoms with van der Waals surface area (Å²) in [5, 5.41) is 8.69. The fourth-order valence-corrected chi connectivity index (χ4v) is 3.96. The highest BCUT2D eigenvalue weighted by atomic mass is 32.1. The molecule has 0 aliphatic carbocycles. The van der Waals surface area contributed by atoms with Crippen molar-refractivity contribution in [1.29, 1.82) is 0 Å². The van der Waals surface area contributed by atoms with Crippen molar-refractivity contribution in [3.05, 3.63) is 126 Å². The average Bonchev–Trinajstić information content (AvgIpc) is 2.97. The Balaban J connectivity index is 1.27. The Morgan fingerprint density at radius 3 is 1.95 bits per heavy atom. The van der Waals surface area contributed by atoms with Crippen LogP contribution < -0.4 is 25.4 Å². The maximum atomic E-state index is 13.0. The Morgan fingerprint density at radius 2 is 1.28 bits per heavy atom. The predicted molar refractivity (Wildman–Crippen MR) is 156 cm³/mol. The summed E-state index contributed by atoms with van der Waals surface area (Å²) < 4.78 is 11.3. The first-order valence-electron chi connectivity index (χ1n) is 12.5. The maximum absolute atomic E-state index is 13.0. The number of carbonyl (C=O) groups is 2. The van der Waals surface area contributed by atoms with Gasteiger partial charge < -0.3 is 20.1 Å². The van der Waals surface area contributed by atoms with Crippen LogP contribution >= 0.6 is 12.2 Å². The zero-order valence-electron chi connectivity index (χ0n) is 21.4. The molecule has 2 amide bonds. The van der Waals surface area contributed by atoms with E-state index in [0.717, 1.165) is 11.3 Å². The largest absolute Gasteiger partial charge is 0.490 e. The van der Waals surface area contributed by atoms with Crippen molar-refractivity contribution < 1.29 is 19.1 Å². The summed E-state index contributed by atoms with van der Waals surface area (Å²) in [6.07, 6.45) is 0. The van der Waals surface area contributed by atoms with Gasteiger partial charge in [0.2, 0.25) is 0 Å². The molecule has 0 bridgehead atoms. The van der Waals surface area contributed by atoms with Crippen LogP contribution in [0.3, 0.4) is 0 Å². The lowest BCUT2D eigenvalue weighted by molar-refractivity contribution is 0.0939. The number of thiocarbonyl (C=S) groups is 1. The second-order valence-electron chi connectivity index (χ2n) is 8.59. The normalized spacial score (nSPS) is 11.1. The van der Waals surface area contributed by atoms with Crippen molar-refractivity contribution in [3.63, 3.8) is 0 Å². The zero-order valence-corrected chi connectivity index (χ0v) is 22.2. The second kappa shape index (κ2) is 13.7. The molecule has 3 N–H and O–H groups in total. The number of para-hydroxylation sites is 2. The second-order valence-corrected chi connectivity index (χ2v) is 9.00. The fraction of sp³-hybridized carbons (Fsp3) is 0.129. The molecule has 198 valence electrons. The molecule has 7 nitrogen and oxygen atoms in total. The van der Waals surface area contributed by atoms with Crippen molar-refractivity contribution in [1.82, 2.24) is 10.6 Å². The third-order valence-corrected chi connectivity index (χ3v) is 5.98. The summed E-state index contributed by atoms with van der Waals surface area (Å²) in [7, 11) is 0. The SMILES string of the molecule is CC(NC(=O)c1ccccc1NC(=S)NC(=O)c1ccc(OCCOc2ccccc2)cc1)c1ccccc1. The molecule has 8 heteroatoms. The number of hydrogen-bond acceptors (Lipinski definition) is 5. The summed E-state index contributed by atoms with van der Waals surface area (Å²) in [6, 6.07) is 32.7. The number of carbonyl (C=O) groups excluding carboxylic acids is 2. The fourth-order valence-electron chi connectivity index (χ4n) is 3.76. The smallest absolute Gasteiger partial charge is 0.257 e. The highest BCUT2D eigenvalue weighted by molar-refractivity contribution is 7.80. The van der Waals surface area contributed by atoms with E-state index in [-0.39, 0.29) is 23.0 Å². The third kappa shape index (κ3) is 8.15. The van der Waals surface area contributed by atoms with Crippen molar-refractivity contribution in [2.75, 3.05) is 18.5 Å². The standard InChI is InChI=1S/C31H29N3O4S/c1-22(23-10-4-2-5-11-23)32-30(36)27-14-8-9-15-28(27)33-31(39)34-29(35)24-16-18-26(19-17-24)38-21-20-37-25-12-6-3-7-13-25/h2-19,22H,20-21H2,1H3,(H,32,36)(H2,33,34,35,39). The van der Waals surface area contributed by atoms with Gasteiger partial charge >= 0.3 is 0 Å². The van der Waals surface area contributed by atoms with E-state index in [2.05, 4.69) is 16.0 Å². The minimum Gasteiger partial charge on any atom is -0.490 e. The van der Waals surface area contributed by atoms with Crippen LogP contribution in [0.2, 0.25) is 0 Å². The van der Waals surface area contributed by atoms with Gasteiger partial charge in [0.25, 0.3) is 11.8 Å². The highest BCUT2D eigenvalue weighted by Crippen LogP contribution is 2.18. The average molecular weight is 540 g/mol. The van der Waals surface area contributed by atoms with Gasteiger partial charge in [-0.05, 0) is 73.2 Å². The molecule has 4 aromatic rings. The lowest BCUT2D eigenvalue weighted by Gasteiger charge is -2.17. The van der Waals surface area contributed by atoms with E-state index in [1.807, 2.05) is 67.6 Å². The van der Waals surface area contributed by atoms with Crippen molar-refractivity contribution in [3.8, 4) is 11.5 Å². The molecule has 0 aromatic heterocycles. The number of amides is 2. The van der Waals surface area contributed by atoms with Gasteiger partial charge in [-0.2, -0.15) is 0 Å². The van der Waals surface area contributed by atoms with Gasteiger partial charge in [-0.3, -0.25) is 14.9 Å². The molecule has 0 spiro atoms. The van der Waals surface area contributed by atoms with Crippen LogP contribution in [0.15, 0.2) is 109 Å². The number of hydrogen-bond donors (Lipinski definition) is 3. The van der Waals surface area contributed by atoms with Crippen LogP contribution in [0.1, 0.15) is 39.2 Å². The van der Waals surface area contributed by atoms with Crippen LogP contribution in [0, 0.1) is 0 Å². The molecule has 0 heterocycles. The Kier molecular flexibility index (Phi) is 9.63. The Labute approximate surface area is 233 Å². The molecule has 1 unspecified atom stereocenters. The quantitative estimate of drug-likeness (QED) is 0.175. The van der Waals surface area contributed by atoms with E-state index in [9.17, 15) is 9.59 Å². The van der Waals surface area contributed by atoms with Gasteiger partial charge in [-0.15, -0.1) is 0 Å². The number of ether oxygens (including phenoxy) is 2. The number of benzene rings is 4. The third-order valence-electron chi connectivity index (χ3n) is 5.77. The molecule has 0 saturated heterocycles. The maximum Gasteiger partial charge on any atom is 0.257 e. The molecule has 0 saturated carbocycles. The van der Waals surface area contributed by atoms with E-state index in [0.29, 0.717) is 35.8 Å². The summed E-state index contributed by atoms with van der Waals surface area (Å²) in [5.41, 5.74) is 2.31. The van der Waals surface area contributed by atoms with Crippen LogP contribution in [-0.4, -0.2) is 30.1 Å². The summed E-state index contributed by atoms with van der Waals surface area (Å²) in [6.45, 7) is 2.69. The molecule has 0 aliphatic rings. The van der Waals surface area contributed by atoms with Gasteiger partial charge in [0, 0.05) is 5.56 Å². The van der Waals surface area contributed by atoms with Crippen molar-refractivity contribution in [2.24, 2.45) is 0 Å². The summed E-state index contributed by atoms with van der Waals surface area (Å²) in [5.74, 6) is 0.760. The monoisotopic (exact) mass is 539 g/mol. The first-order chi connectivity index (χ1) is 19.0. The van der Waals surface area contributed by atoms with Crippen LogP contribution in [-0.2, 0) is 0 Å². The molecule has 0 fully saturated rings. The molecule has 4 aromatic carbocycles. The molecule has 0 radical (unpaired) electrons. The number of nitrogens with one attached hydrogen (secondary N) is 3. The first-order valence-corrected chi connectivity index (χ1v) is 12.9. The molecule has 4 rings (SSSR count). The van der Waals surface area contributed by atoms with Gasteiger partial charge in [-0.1, -0.05) is 60.7 Å². The van der Waals surface area contributed by atoms with E-state index in [1.54, 1.807) is 48.5 Å². The lowest BCUT2D eigenvalue weighted by Crippen LogP contribution is -2.35. The van der Waals surface area contributed by atoms with Gasteiger partial charge in [-0.25, -0.2) is 0 Å². The van der Waals surface area contributed by atoms with E-state index < -0.39 is 0 Å². The highest BCUT2D eigenvalue weighted by Gasteiger charge is 2.16. The Bertz CT molecular complexity index is 1400. The van der Waals surface area contributed by atoms with E-state index in [4.69, 9.17) is 21.7 Å². The minimum atomic E-state index is -0.383. The van der Waals surface area contributed by atoms with Crippen LogP contribution in [0.25, 0.3) is 0 Å². The van der Waals surface area contributed by atoms with E-state index in [1.165, 1.54) is 0 Å². The molecular formula is C31H29N3O4S. The van der Waals surface area contributed by atoms with Gasteiger partial charge in [0.15, 0.2) is 5.11 Å². The van der Waals surface area contributed by atoms with Gasteiger partial charge in [0.05, 0.1) is 17.3 Å². The van der Waals surface area contributed by atoms with Crippen LogP contribution in [0.5, 0.6) is 11.5 Å². The van der Waals surface area contributed by atoms with Crippen LogP contribution in [0.4, 0.5) is 5.69 Å². The molecule has 39 heavy (non-hydrogen) atoms. The first kappa shape index (κ1) is 27.3. The lowest BCUT2D eigenvalue weighted by atomic mass is 10.1. The Hall–Kier alpha value is -4.69. The van der Waals surface area contributed by atoms with Crippen molar-refractivity contribution in [2.45, 2.75) is 13.0 Å². The van der Waals surface area contributed by atoms with E-state index >= 15 is 0 Å². The minimum absolute atomic E-state index is 0.0785. The molecule has 0 aliphatic heterocycles.